The average molecular weight is 490 g/mol. The van der Waals surface area contributed by atoms with E-state index in [0.29, 0.717) is 21.4 Å². The quantitative estimate of drug-likeness (QED) is 0.373. The summed E-state index contributed by atoms with van der Waals surface area (Å²) in [5, 5.41) is 5.09. The van der Waals surface area contributed by atoms with Crippen LogP contribution in [0.25, 0.3) is 0 Å². The lowest BCUT2D eigenvalue weighted by Gasteiger charge is -2.24. The first-order chi connectivity index (χ1) is 15.2. The van der Waals surface area contributed by atoms with Gasteiger partial charge in [0.2, 0.25) is 0 Å². The van der Waals surface area contributed by atoms with Crippen molar-refractivity contribution in [1.29, 1.82) is 0 Å². The van der Waals surface area contributed by atoms with Crippen LogP contribution in [0, 0.1) is 6.92 Å². The summed E-state index contributed by atoms with van der Waals surface area (Å²) in [7, 11) is -4.02. The summed E-state index contributed by atoms with van der Waals surface area (Å²) in [6.45, 7) is 3.17. The van der Waals surface area contributed by atoms with Crippen molar-refractivity contribution in [2.24, 2.45) is 5.10 Å². The Morgan fingerprint density at radius 2 is 1.44 bits per heavy atom. The molecule has 1 N–H and O–H groups in total. The maximum Gasteiger partial charge on any atom is 0.264 e. The summed E-state index contributed by atoms with van der Waals surface area (Å²) in [6.07, 6.45) is 0. The zero-order valence-electron chi connectivity index (χ0n) is 17.4. The van der Waals surface area contributed by atoms with Crippen LogP contribution in [0.1, 0.15) is 18.1 Å². The molecule has 0 fully saturated rings. The largest absolute Gasteiger partial charge is 0.271 e. The monoisotopic (exact) mass is 489 g/mol. The van der Waals surface area contributed by atoms with E-state index in [9.17, 15) is 13.2 Å². The van der Waals surface area contributed by atoms with E-state index in [1.165, 1.54) is 24.3 Å². The molecule has 0 heterocycles. The van der Waals surface area contributed by atoms with Crippen LogP contribution in [0.2, 0.25) is 10.0 Å². The molecule has 0 radical (unpaired) electrons. The SMILES string of the molecule is C/C(=N/NC(=O)CN(c1ccc(C)cc1)S(=O)(=O)c1ccc(Cl)cc1)c1ccc(Cl)cc1. The predicted octanol–water partition coefficient (Wildman–Crippen LogP) is 5.04. The molecule has 32 heavy (non-hydrogen) atoms. The molecule has 0 spiro atoms. The first kappa shape index (κ1) is 23.8. The molecule has 0 aliphatic carbocycles. The van der Waals surface area contributed by atoms with Crippen LogP contribution in [0.4, 0.5) is 5.69 Å². The molecule has 0 unspecified atom stereocenters. The summed E-state index contributed by atoms with van der Waals surface area (Å²) in [5.41, 5.74) is 5.08. The Hall–Kier alpha value is -2.87. The summed E-state index contributed by atoms with van der Waals surface area (Å²) in [4.78, 5) is 12.7. The van der Waals surface area contributed by atoms with E-state index in [0.717, 1.165) is 15.4 Å². The number of halogens is 2. The Bertz CT molecular complexity index is 1220. The second-order valence-corrected chi connectivity index (χ2v) is 9.78. The maximum absolute atomic E-state index is 13.3. The van der Waals surface area contributed by atoms with Gasteiger partial charge in [-0.05, 0) is 67.9 Å². The molecule has 0 saturated heterocycles. The van der Waals surface area contributed by atoms with Crippen molar-refractivity contribution in [3.05, 3.63) is 94.0 Å². The molecule has 3 aromatic carbocycles. The number of nitrogens with one attached hydrogen (secondary N) is 1. The summed E-state index contributed by atoms with van der Waals surface area (Å²) >= 11 is 11.8. The Morgan fingerprint density at radius 3 is 2.00 bits per heavy atom. The van der Waals surface area contributed by atoms with E-state index < -0.39 is 22.5 Å². The number of sulfonamides is 1. The third kappa shape index (κ3) is 5.88. The van der Waals surface area contributed by atoms with Crippen molar-refractivity contribution in [2.45, 2.75) is 18.7 Å². The second-order valence-electron chi connectivity index (χ2n) is 7.04. The zero-order chi connectivity index (χ0) is 23.3. The number of carbonyl (C=O) groups excluding carboxylic acids is 1. The topological polar surface area (TPSA) is 78.8 Å². The van der Waals surface area contributed by atoms with Gasteiger partial charge in [0.1, 0.15) is 6.54 Å². The van der Waals surface area contributed by atoms with Crippen LogP contribution in [0.3, 0.4) is 0 Å². The number of hydrazone groups is 1. The zero-order valence-corrected chi connectivity index (χ0v) is 19.7. The highest BCUT2D eigenvalue weighted by atomic mass is 35.5. The molecule has 0 aromatic heterocycles. The van der Waals surface area contributed by atoms with Crippen molar-refractivity contribution in [2.75, 3.05) is 10.8 Å². The highest BCUT2D eigenvalue weighted by Crippen LogP contribution is 2.25. The van der Waals surface area contributed by atoms with E-state index >= 15 is 0 Å². The summed E-state index contributed by atoms with van der Waals surface area (Å²) in [6, 6.07) is 19.6. The van der Waals surface area contributed by atoms with Gasteiger partial charge in [-0.15, -0.1) is 0 Å². The number of rotatable bonds is 7. The molecule has 0 bridgehead atoms. The van der Waals surface area contributed by atoms with Gasteiger partial charge >= 0.3 is 0 Å². The lowest BCUT2D eigenvalue weighted by molar-refractivity contribution is -0.119. The van der Waals surface area contributed by atoms with E-state index in [4.69, 9.17) is 23.2 Å². The van der Waals surface area contributed by atoms with Crippen LogP contribution in [0.15, 0.2) is 82.8 Å². The van der Waals surface area contributed by atoms with Crippen LogP contribution in [-0.2, 0) is 14.8 Å². The number of nitrogens with zero attached hydrogens (tertiary/aromatic N) is 2. The van der Waals surface area contributed by atoms with Crippen LogP contribution in [-0.4, -0.2) is 26.6 Å². The summed E-state index contributed by atoms with van der Waals surface area (Å²) in [5.74, 6) is -0.587. The fourth-order valence-corrected chi connectivity index (χ4v) is 4.50. The predicted molar refractivity (Wildman–Crippen MR) is 129 cm³/mol. The second kappa shape index (κ2) is 10.2. The van der Waals surface area contributed by atoms with Gasteiger partial charge < -0.3 is 0 Å². The fourth-order valence-electron chi connectivity index (χ4n) is 2.83. The standard InChI is InChI=1S/C23H21Cl2N3O3S/c1-16-3-11-21(12-4-16)28(32(30,31)22-13-9-20(25)10-14-22)15-23(29)27-26-17(2)18-5-7-19(24)8-6-18/h3-14H,15H2,1-2H3,(H,27,29)/b26-17-. The smallest absolute Gasteiger partial charge is 0.264 e. The Labute approximate surface area is 197 Å². The van der Waals surface area contributed by atoms with Gasteiger partial charge in [0.15, 0.2) is 0 Å². The van der Waals surface area contributed by atoms with Crippen molar-refractivity contribution < 1.29 is 13.2 Å². The average Bonchev–Trinajstić information content (AvgIpc) is 2.77. The Kier molecular flexibility index (Phi) is 7.56. The number of aryl methyl sites for hydroxylation is 1. The third-order valence-electron chi connectivity index (χ3n) is 4.62. The van der Waals surface area contributed by atoms with Crippen molar-refractivity contribution >= 4 is 50.5 Å². The molecular weight excluding hydrogens is 469 g/mol. The van der Waals surface area contributed by atoms with E-state index in [-0.39, 0.29) is 4.90 Å². The van der Waals surface area contributed by atoms with Gasteiger partial charge in [0.05, 0.1) is 16.3 Å². The minimum absolute atomic E-state index is 0.0242. The van der Waals surface area contributed by atoms with Crippen molar-refractivity contribution in [3.63, 3.8) is 0 Å². The lowest BCUT2D eigenvalue weighted by Crippen LogP contribution is -2.39. The number of carbonyl (C=O) groups is 1. The van der Waals surface area contributed by atoms with Gasteiger partial charge in [-0.25, -0.2) is 13.8 Å². The van der Waals surface area contributed by atoms with Crippen LogP contribution in [0.5, 0.6) is 0 Å². The van der Waals surface area contributed by atoms with E-state index in [1.54, 1.807) is 55.5 Å². The molecule has 3 rings (SSSR count). The molecular formula is C23H21Cl2N3O3S. The Morgan fingerprint density at radius 1 is 0.906 bits per heavy atom. The molecule has 1 amide bonds. The molecule has 6 nitrogen and oxygen atoms in total. The van der Waals surface area contributed by atoms with E-state index in [2.05, 4.69) is 10.5 Å². The minimum Gasteiger partial charge on any atom is -0.271 e. The molecule has 166 valence electrons. The van der Waals surface area contributed by atoms with Crippen molar-refractivity contribution in [3.8, 4) is 0 Å². The highest BCUT2D eigenvalue weighted by Gasteiger charge is 2.27. The molecule has 0 saturated carbocycles. The number of benzene rings is 3. The van der Waals surface area contributed by atoms with Gasteiger partial charge in [0.25, 0.3) is 15.9 Å². The van der Waals surface area contributed by atoms with Crippen LogP contribution < -0.4 is 9.73 Å². The molecule has 0 aliphatic heterocycles. The molecule has 3 aromatic rings. The number of amides is 1. The van der Waals surface area contributed by atoms with Crippen molar-refractivity contribution in [1.82, 2.24) is 5.43 Å². The number of anilines is 1. The minimum atomic E-state index is -4.02. The van der Waals surface area contributed by atoms with Gasteiger partial charge in [-0.2, -0.15) is 5.10 Å². The third-order valence-corrected chi connectivity index (χ3v) is 6.91. The lowest BCUT2D eigenvalue weighted by atomic mass is 10.1. The van der Waals surface area contributed by atoms with Gasteiger partial charge in [-0.3, -0.25) is 9.10 Å². The maximum atomic E-state index is 13.3. The van der Waals surface area contributed by atoms with Gasteiger partial charge in [-0.1, -0.05) is 53.0 Å². The van der Waals surface area contributed by atoms with E-state index in [1.807, 2.05) is 6.92 Å². The molecule has 0 atom stereocenters. The molecule has 9 heteroatoms. The summed E-state index contributed by atoms with van der Waals surface area (Å²) < 4.78 is 27.7. The Balaban J connectivity index is 1.86. The van der Waals surface area contributed by atoms with Gasteiger partial charge in [0, 0.05) is 10.0 Å². The fraction of sp³-hybridized carbons (Fsp3) is 0.130. The number of hydrogen-bond acceptors (Lipinski definition) is 4. The number of hydrogen-bond donors (Lipinski definition) is 1. The first-order valence-electron chi connectivity index (χ1n) is 9.61. The molecule has 0 aliphatic rings. The highest BCUT2D eigenvalue weighted by molar-refractivity contribution is 7.92. The van der Waals surface area contributed by atoms with Crippen LogP contribution >= 0.6 is 23.2 Å². The first-order valence-corrected chi connectivity index (χ1v) is 11.8. The normalized spacial score (nSPS) is 11.8.